The second-order valence-corrected chi connectivity index (χ2v) is 5.13. The molecule has 0 saturated heterocycles. The second-order valence-electron chi connectivity index (χ2n) is 4.21. The van der Waals surface area contributed by atoms with E-state index < -0.39 is 0 Å². The average Bonchev–Trinajstić information content (AvgIpc) is 2.40. The van der Waals surface area contributed by atoms with Crippen molar-refractivity contribution in [2.45, 2.75) is 13.2 Å². The summed E-state index contributed by atoms with van der Waals surface area (Å²) >= 11 is 3.21. The molecule has 4 heteroatoms. The molecule has 19 heavy (non-hydrogen) atoms. The van der Waals surface area contributed by atoms with Crippen molar-refractivity contribution >= 4 is 15.9 Å². The fourth-order valence-electron chi connectivity index (χ4n) is 1.71. The Morgan fingerprint density at radius 1 is 1.11 bits per heavy atom. The highest BCUT2D eigenvalue weighted by Gasteiger charge is 2.04. The lowest BCUT2D eigenvalue weighted by Gasteiger charge is -2.08. The van der Waals surface area contributed by atoms with Gasteiger partial charge >= 0.3 is 0 Å². The minimum absolute atomic E-state index is 0.266. The predicted molar refractivity (Wildman–Crippen MR) is 77.6 cm³/mol. The second kappa shape index (κ2) is 6.68. The first-order chi connectivity index (χ1) is 9.19. The molecule has 0 amide bonds. The van der Waals surface area contributed by atoms with Gasteiger partial charge in [-0.25, -0.2) is 4.39 Å². The van der Waals surface area contributed by atoms with Gasteiger partial charge in [-0.2, -0.15) is 0 Å². The third kappa shape index (κ3) is 4.04. The number of hydrogen-bond donors (Lipinski definition) is 1. The lowest BCUT2D eigenvalue weighted by Crippen LogP contribution is -2.05. The van der Waals surface area contributed by atoms with E-state index in [1.165, 1.54) is 11.6 Å². The lowest BCUT2D eigenvalue weighted by atomic mass is 10.1. The summed E-state index contributed by atoms with van der Waals surface area (Å²) in [6.07, 6.45) is 0. The Bertz CT molecular complexity index is 542. The maximum Gasteiger partial charge on any atom is 0.166 e. The summed E-state index contributed by atoms with van der Waals surface area (Å²) in [7, 11) is 1.91. The summed E-state index contributed by atoms with van der Waals surface area (Å²) in [6.45, 7) is 1.20. The van der Waals surface area contributed by atoms with E-state index in [1.807, 2.05) is 31.3 Å². The van der Waals surface area contributed by atoms with E-state index in [1.54, 1.807) is 12.1 Å². The van der Waals surface area contributed by atoms with Crippen molar-refractivity contribution in [2.24, 2.45) is 0 Å². The molecule has 0 unspecified atom stereocenters. The molecule has 0 aliphatic rings. The zero-order chi connectivity index (χ0) is 13.7. The van der Waals surface area contributed by atoms with Crippen LogP contribution in [0, 0.1) is 5.82 Å². The Morgan fingerprint density at radius 3 is 2.42 bits per heavy atom. The number of nitrogens with one attached hydrogen (secondary N) is 1. The molecule has 0 heterocycles. The highest BCUT2D eigenvalue weighted by Crippen LogP contribution is 2.22. The molecular formula is C15H15BrFNO. The highest BCUT2D eigenvalue weighted by molar-refractivity contribution is 9.10. The van der Waals surface area contributed by atoms with E-state index in [9.17, 15) is 4.39 Å². The third-order valence-electron chi connectivity index (χ3n) is 2.69. The summed E-state index contributed by atoms with van der Waals surface area (Å²) in [6, 6.07) is 12.8. The van der Waals surface area contributed by atoms with Crippen molar-refractivity contribution in [3.63, 3.8) is 0 Å². The Kier molecular flexibility index (Phi) is 4.93. The molecule has 0 fully saturated rings. The number of halogens is 2. The van der Waals surface area contributed by atoms with E-state index >= 15 is 0 Å². The zero-order valence-corrected chi connectivity index (χ0v) is 12.2. The topological polar surface area (TPSA) is 21.3 Å². The number of benzene rings is 2. The van der Waals surface area contributed by atoms with Gasteiger partial charge in [-0.05, 0) is 36.4 Å². The SMILES string of the molecule is CNCc1ccc(COc2ccc(Br)cc2F)cc1. The molecule has 2 rings (SSSR count). The van der Waals surface area contributed by atoms with Gasteiger partial charge in [0, 0.05) is 11.0 Å². The average molecular weight is 324 g/mol. The van der Waals surface area contributed by atoms with Gasteiger partial charge in [0.1, 0.15) is 6.61 Å². The van der Waals surface area contributed by atoms with Crippen LogP contribution in [0.4, 0.5) is 4.39 Å². The highest BCUT2D eigenvalue weighted by atomic mass is 79.9. The molecule has 0 spiro atoms. The smallest absolute Gasteiger partial charge is 0.166 e. The standard InChI is InChI=1S/C15H15BrFNO/c1-18-9-11-2-4-12(5-3-11)10-19-15-7-6-13(16)8-14(15)17/h2-8,18H,9-10H2,1H3. The zero-order valence-electron chi connectivity index (χ0n) is 10.6. The lowest BCUT2D eigenvalue weighted by molar-refractivity contribution is 0.290. The Labute approximate surface area is 120 Å². The van der Waals surface area contributed by atoms with Gasteiger partial charge in [-0.3, -0.25) is 0 Å². The minimum Gasteiger partial charge on any atom is -0.486 e. The third-order valence-corrected chi connectivity index (χ3v) is 3.19. The molecular weight excluding hydrogens is 309 g/mol. The van der Waals surface area contributed by atoms with E-state index in [-0.39, 0.29) is 11.6 Å². The fraction of sp³-hybridized carbons (Fsp3) is 0.200. The number of hydrogen-bond acceptors (Lipinski definition) is 2. The van der Waals surface area contributed by atoms with Crippen LogP contribution in [-0.4, -0.2) is 7.05 Å². The summed E-state index contributed by atoms with van der Waals surface area (Å²) < 4.78 is 19.7. The molecule has 1 N–H and O–H groups in total. The van der Waals surface area contributed by atoms with Crippen LogP contribution >= 0.6 is 15.9 Å². The van der Waals surface area contributed by atoms with Gasteiger partial charge in [0.05, 0.1) is 0 Å². The Balaban J connectivity index is 1.98. The van der Waals surface area contributed by atoms with E-state index in [4.69, 9.17) is 4.74 Å². The largest absolute Gasteiger partial charge is 0.486 e. The Morgan fingerprint density at radius 2 is 1.79 bits per heavy atom. The van der Waals surface area contributed by atoms with Crippen LogP contribution in [0.15, 0.2) is 46.9 Å². The molecule has 0 bridgehead atoms. The number of rotatable bonds is 5. The van der Waals surface area contributed by atoms with Crippen LogP contribution in [-0.2, 0) is 13.2 Å². The van der Waals surface area contributed by atoms with Crippen molar-refractivity contribution in [3.8, 4) is 5.75 Å². The summed E-state index contributed by atoms with van der Waals surface area (Å²) in [5, 5.41) is 3.09. The van der Waals surface area contributed by atoms with Crippen LogP contribution in [0.1, 0.15) is 11.1 Å². The van der Waals surface area contributed by atoms with Gasteiger partial charge in [-0.15, -0.1) is 0 Å². The monoisotopic (exact) mass is 323 g/mol. The molecule has 100 valence electrons. The molecule has 0 aliphatic carbocycles. The Hall–Kier alpha value is -1.39. The molecule has 0 aliphatic heterocycles. The maximum atomic E-state index is 13.6. The molecule has 0 aromatic heterocycles. The molecule has 2 nitrogen and oxygen atoms in total. The van der Waals surface area contributed by atoms with E-state index in [0.717, 1.165) is 12.1 Å². The van der Waals surface area contributed by atoms with Gasteiger partial charge in [0.25, 0.3) is 0 Å². The quantitative estimate of drug-likeness (QED) is 0.901. The molecule has 0 saturated carbocycles. The van der Waals surface area contributed by atoms with Gasteiger partial charge in [0.2, 0.25) is 0 Å². The predicted octanol–water partition coefficient (Wildman–Crippen LogP) is 3.89. The molecule has 2 aromatic rings. The van der Waals surface area contributed by atoms with Crippen LogP contribution in [0.2, 0.25) is 0 Å². The van der Waals surface area contributed by atoms with Crippen molar-refractivity contribution < 1.29 is 9.13 Å². The first-order valence-corrected chi connectivity index (χ1v) is 6.78. The van der Waals surface area contributed by atoms with E-state index in [2.05, 4.69) is 21.2 Å². The van der Waals surface area contributed by atoms with Crippen LogP contribution in [0.3, 0.4) is 0 Å². The maximum absolute atomic E-state index is 13.6. The first-order valence-electron chi connectivity index (χ1n) is 5.99. The van der Waals surface area contributed by atoms with Crippen LogP contribution in [0.5, 0.6) is 5.75 Å². The van der Waals surface area contributed by atoms with Gasteiger partial charge < -0.3 is 10.1 Å². The molecule has 0 radical (unpaired) electrons. The molecule has 0 atom stereocenters. The van der Waals surface area contributed by atoms with Gasteiger partial charge in [-0.1, -0.05) is 40.2 Å². The fourth-order valence-corrected chi connectivity index (χ4v) is 2.04. The normalized spacial score (nSPS) is 10.5. The van der Waals surface area contributed by atoms with E-state index in [0.29, 0.717) is 11.1 Å². The summed E-state index contributed by atoms with van der Waals surface area (Å²) in [4.78, 5) is 0. The van der Waals surface area contributed by atoms with Crippen LogP contribution < -0.4 is 10.1 Å². The summed E-state index contributed by atoms with van der Waals surface area (Å²) in [5.74, 6) is -0.0938. The van der Waals surface area contributed by atoms with Crippen molar-refractivity contribution in [1.29, 1.82) is 0 Å². The number of ether oxygens (including phenoxy) is 1. The van der Waals surface area contributed by atoms with Gasteiger partial charge in [0.15, 0.2) is 11.6 Å². The van der Waals surface area contributed by atoms with Crippen LogP contribution in [0.25, 0.3) is 0 Å². The van der Waals surface area contributed by atoms with Crippen molar-refractivity contribution in [3.05, 3.63) is 63.9 Å². The molecule has 2 aromatic carbocycles. The van der Waals surface area contributed by atoms with Crippen molar-refractivity contribution in [2.75, 3.05) is 7.05 Å². The van der Waals surface area contributed by atoms with Crippen molar-refractivity contribution in [1.82, 2.24) is 5.32 Å². The summed E-state index contributed by atoms with van der Waals surface area (Å²) in [5.41, 5.74) is 2.23. The first kappa shape index (κ1) is 14.0. The minimum atomic E-state index is -0.360.